The van der Waals surface area contributed by atoms with Crippen molar-refractivity contribution >= 4 is 46.0 Å². The first kappa shape index (κ1) is 22.6. The SMILES string of the molecule is O=C(CCN1CCN(C(=O)CCc2ccc(Cl)c(Cl)c2)CC1)c1ccc2[nH]c(=O)oc2c1. The smallest absolute Gasteiger partial charge is 0.408 e. The van der Waals surface area contributed by atoms with Crippen LogP contribution >= 0.6 is 23.2 Å². The summed E-state index contributed by atoms with van der Waals surface area (Å²) in [6, 6.07) is 10.4. The number of hydrogen-bond donors (Lipinski definition) is 1. The normalized spacial score (nSPS) is 14.8. The summed E-state index contributed by atoms with van der Waals surface area (Å²) in [6.45, 7) is 3.39. The average molecular weight is 476 g/mol. The van der Waals surface area contributed by atoms with Gasteiger partial charge < -0.3 is 9.32 Å². The third kappa shape index (κ3) is 5.41. The maximum absolute atomic E-state index is 12.6. The lowest BCUT2D eigenvalue weighted by atomic mass is 10.1. The van der Waals surface area contributed by atoms with Crippen LogP contribution in [0.25, 0.3) is 11.1 Å². The Morgan fingerprint density at radius 3 is 2.50 bits per heavy atom. The molecule has 1 aliphatic rings. The number of oxazole rings is 1. The molecule has 32 heavy (non-hydrogen) atoms. The standard InChI is InChI=1S/C23H23Cl2N3O4/c24-17-4-1-15(13-18(17)25)2-6-22(30)28-11-9-27(10-12-28)8-7-20(29)16-3-5-19-21(14-16)32-23(31)26-19/h1,3-5,13-14H,2,6-12H2,(H,26,31). The lowest BCUT2D eigenvalue weighted by Crippen LogP contribution is -2.49. The Labute approximate surface area is 194 Å². The number of Topliss-reactive ketones (excluding diaryl/α,β-unsaturated/α-hetero) is 1. The number of benzene rings is 2. The highest BCUT2D eigenvalue weighted by Crippen LogP contribution is 2.23. The minimum atomic E-state index is -0.533. The molecule has 9 heteroatoms. The van der Waals surface area contributed by atoms with E-state index in [1.807, 2.05) is 11.0 Å². The van der Waals surface area contributed by atoms with E-state index in [1.54, 1.807) is 30.3 Å². The molecule has 1 fully saturated rings. The number of nitrogens with one attached hydrogen (secondary N) is 1. The Balaban J connectivity index is 1.21. The van der Waals surface area contributed by atoms with E-state index in [9.17, 15) is 14.4 Å². The van der Waals surface area contributed by atoms with Crippen molar-refractivity contribution in [2.24, 2.45) is 0 Å². The predicted octanol–water partition coefficient (Wildman–Crippen LogP) is 3.78. The van der Waals surface area contributed by atoms with Crippen molar-refractivity contribution < 1.29 is 14.0 Å². The van der Waals surface area contributed by atoms with Crippen LogP contribution in [0.1, 0.15) is 28.8 Å². The zero-order valence-corrected chi connectivity index (χ0v) is 18.9. The average Bonchev–Trinajstić information content (AvgIpc) is 3.17. The molecule has 2 heterocycles. The van der Waals surface area contributed by atoms with Crippen LogP contribution in [-0.4, -0.2) is 59.2 Å². The van der Waals surface area contributed by atoms with Gasteiger partial charge in [-0.15, -0.1) is 0 Å². The monoisotopic (exact) mass is 475 g/mol. The van der Waals surface area contributed by atoms with Gasteiger partial charge in [0.1, 0.15) is 0 Å². The van der Waals surface area contributed by atoms with Crippen molar-refractivity contribution in [3.05, 3.63) is 68.1 Å². The van der Waals surface area contributed by atoms with Crippen molar-refractivity contribution in [3.8, 4) is 0 Å². The highest BCUT2D eigenvalue weighted by Gasteiger charge is 2.21. The van der Waals surface area contributed by atoms with Gasteiger partial charge in [-0.05, 0) is 42.3 Å². The molecule has 168 valence electrons. The Bertz CT molecular complexity index is 1200. The van der Waals surface area contributed by atoms with Gasteiger partial charge in [0.05, 0.1) is 15.6 Å². The zero-order chi connectivity index (χ0) is 22.7. The van der Waals surface area contributed by atoms with E-state index in [-0.39, 0.29) is 11.7 Å². The molecule has 0 unspecified atom stereocenters. The summed E-state index contributed by atoms with van der Waals surface area (Å²) in [7, 11) is 0. The third-order valence-electron chi connectivity index (χ3n) is 5.73. The van der Waals surface area contributed by atoms with Crippen molar-refractivity contribution in [2.45, 2.75) is 19.3 Å². The van der Waals surface area contributed by atoms with E-state index >= 15 is 0 Å². The van der Waals surface area contributed by atoms with E-state index in [4.69, 9.17) is 27.6 Å². The minimum absolute atomic E-state index is 0.00381. The van der Waals surface area contributed by atoms with Crippen LogP contribution in [-0.2, 0) is 11.2 Å². The van der Waals surface area contributed by atoms with Gasteiger partial charge in [0.15, 0.2) is 11.4 Å². The molecule has 0 bridgehead atoms. The van der Waals surface area contributed by atoms with Gasteiger partial charge in [-0.3, -0.25) is 19.5 Å². The van der Waals surface area contributed by atoms with E-state index in [1.165, 1.54) is 0 Å². The lowest BCUT2D eigenvalue weighted by molar-refractivity contribution is -0.132. The minimum Gasteiger partial charge on any atom is -0.408 e. The summed E-state index contributed by atoms with van der Waals surface area (Å²) in [4.78, 5) is 43.0. The first-order chi connectivity index (χ1) is 15.4. The summed E-state index contributed by atoms with van der Waals surface area (Å²) in [5.74, 6) is -0.419. The van der Waals surface area contributed by atoms with E-state index < -0.39 is 5.76 Å². The van der Waals surface area contributed by atoms with Gasteiger partial charge in [0, 0.05) is 51.1 Å². The Hall–Kier alpha value is -2.61. The molecular formula is C23H23Cl2N3O4. The maximum atomic E-state index is 12.6. The Morgan fingerprint density at radius 2 is 1.75 bits per heavy atom. The molecule has 2 aromatic carbocycles. The molecule has 1 saturated heterocycles. The maximum Gasteiger partial charge on any atom is 0.417 e. The van der Waals surface area contributed by atoms with Crippen LogP contribution in [0.15, 0.2) is 45.6 Å². The van der Waals surface area contributed by atoms with Gasteiger partial charge in [-0.25, -0.2) is 4.79 Å². The number of carbonyl (C=O) groups excluding carboxylic acids is 2. The number of fused-ring (bicyclic) bond motifs is 1. The third-order valence-corrected chi connectivity index (χ3v) is 6.47. The number of amides is 1. The second-order valence-corrected chi connectivity index (χ2v) is 8.68. The molecular weight excluding hydrogens is 453 g/mol. The number of aromatic amines is 1. The molecule has 0 spiro atoms. The molecule has 4 rings (SSSR count). The summed E-state index contributed by atoms with van der Waals surface area (Å²) in [6.07, 6.45) is 1.41. The van der Waals surface area contributed by atoms with Gasteiger partial charge in [0.2, 0.25) is 5.91 Å². The number of carbonyl (C=O) groups is 2. The van der Waals surface area contributed by atoms with Crippen LogP contribution in [0.3, 0.4) is 0 Å². The molecule has 0 aliphatic carbocycles. The number of nitrogens with zero attached hydrogens (tertiary/aromatic N) is 2. The van der Waals surface area contributed by atoms with Crippen LogP contribution in [0, 0.1) is 0 Å². The van der Waals surface area contributed by atoms with Gasteiger partial charge in [0.25, 0.3) is 0 Å². The fourth-order valence-corrected chi connectivity index (χ4v) is 4.17. The number of aryl methyl sites for hydroxylation is 1. The predicted molar refractivity (Wildman–Crippen MR) is 124 cm³/mol. The fourth-order valence-electron chi connectivity index (χ4n) is 3.85. The van der Waals surface area contributed by atoms with Crippen LogP contribution in [0.2, 0.25) is 10.0 Å². The molecule has 1 aliphatic heterocycles. The number of rotatable bonds is 7. The highest BCUT2D eigenvalue weighted by molar-refractivity contribution is 6.42. The van der Waals surface area contributed by atoms with E-state index in [0.29, 0.717) is 65.6 Å². The molecule has 1 amide bonds. The fraction of sp³-hybridized carbons (Fsp3) is 0.348. The summed E-state index contributed by atoms with van der Waals surface area (Å²) >= 11 is 12.0. The van der Waals surface area contributed by atoms with Crippen molar-refractivity contribution in [2.75, 3.05) is 32.7 Å². The number of aromatic nitrogens is 1. The molecule has 3 aromatic rings. The van der Waals surface area contributed by atoms with Crippen molar-refractivity contribution in [1.82, 2.24) is 14.8 Å². The second kappa shape index (κ2) is 9.90. The lowest BCUT2D eigenvalue weighted by Gasteiger charge is -2.34. The van der Waals surface area contributed by atoms with Crippen molar-refractivity contribution in [3.63, 3.8) is 0 Å². The number of hydrogen-bond acceptors (Lipinski definition) is 5. The van der Waals surface area contributed by atoms with Crippen LogP contribution < -0.4 is 5.76 Å². The van der Waals surface area contributed by atoms with Crippen molar-refractivity contribution in [1.29, 1.82) is 0 Å². The Morgan fingerprint density at radius 1 is 0.969 bits per heavy atom. The van der Waals surface area contributed by atoms with Gasteiger partial charge in [-0.1, -0.05) is 29.3 Å². The number of halogens is 2. The Kier molecular flexibility index (Phi) is 6.98. The molecule has 0 radical (unpaired) electrons. The number of H-pyrrole nitrogens is 1. The largest absolute Gasteiger partial charge is 0.417 e. The molecule has 1 aromatic heterocycles. The summed E-state index contributed by atoms with van der Waals surface area (Å²) in [5.41, 5.74) is 2.47. The van der Waals surface area contributed by atoms with Gasteiger partial charge in [-0.2, -0.15) is 0 Å². The van der Waals surface area contributed by atoms with Crippen LogP contribution in [0.4, 0.5) is 0 Å². The highest BCUT2D eigenvalue weighted by atomic mass is 35.5. The molecule has 1 N–H and O–H groups in total. The van der Waals surface area contributed by atoms with E-state index in [0.717, 1.165) is 18.7 Å². The summed E-state index contributed by atoms with van der Waals surface area (Å²) < 4.78 is 5.02. The molecule has 0 atom stereocenters. The van der Waals surface area contributed by atoms with Gasteiger partial charge >= 0.3 is 5.76 Å². The topological polar surface area (TPSA) is 86.6 Å². The van der Waals surface area contributed by atoms with E-state index in [2.05, 4.69) is 9.88 Å². The second-order valence-electron chi connectivity index (χ2n) is 7.87. The molecule has 0 saturated carbocycles. The quantitative estimate of drug-likeness (QED) is 0.525. The summed E-state index contributed by atoms with van der Waals surface area (Å²) in [5, 5.41) is 1.00. The number of ketones is 1. The number of piperazine rings is 1. The van der Waals surface area contributed by atoms with Crippen LogP contribution in [0.5, 0.6) is 0 Å². The first-order valence-electron chi connectivity index (χ1n) is 10.5. The molecule has 7 nitrogen and oxygen atoms in total. The first-order valence-corrected chi connectivity index (χ1v) is 11.2. The zero-order valence-electron chi connectivity index (χ0n) is 17.4.